The Morgan fingerprint density at radius 3 is 2.88 bits per heavy atom. The molecule has 0 fully saturated rings. The largest absolute Gasteiger partial charge is 0.444 e. The molecule has 0 aliphatic heterocycles. The van der Waals surface area contributed by atoms with Crippen molar-refractivity contribution in [3.8, 4) is 11.3 Å². The van der Waals surface area contributed by atoms with Crippen molar-refractivity contribution < 1.29 is 4.42 Å². The number of pyridine rings is 1. The fourth-order valence-corrected chi connectivity index (χ4v) is 1.74. The van der Waals surface area contributed by atoms with Gasteiger partial charge in [-0.1, -0.05) is 6.07 Å². The third-order valence-electron chi connectivity index (χ3n) is 2.55. The number of nitrogens with zero attached hydrogens (tertiary/aromatic N) is 2. The molecule has 3 heteroatoms. The fourth-order valence-electron chi connectivity index (χ4n) is 1.74. The van der Waals surface area contributed by atoms with Crippen LogP contribution in [0.1, 0.15) is 5.69 Å². The highest BCUT2D eigenvalue weighted by Gasteiger charge is 2.03. The van der Waals surface area contributed by atoms with Gasteiger partial charge >= 0.3 is 0 Å². The molecule has 0 N–H and O–H groups in total. The van der Waals surface area contributed by atoms with E-state index in [0.717, 1.165) is 27.9 Å². The van der Waals surface area contributed by atoms with E-state index in [4.69, 9.17) is 4.42 Å². The SMILES string of the molecule is Cc1ccc2cc(-c3cnco3)ccc2n1. The maximum atomic E-state index is 5.26. The van der Waals surface area contributed by atoms with Crippen LogP contribution in [0.15, 0.2) is 47.3 Å². The molecule has 78 valence electrons. The highest BCUT2D eigenvalue weighted by atomic mass is 16.3. The van der Waals surface area contributed by atoms with Crippen molar-refractivity contribution in [2.24, 2.45) is 0 Å². The van der Waals surface area contributed by atoms with E-state index in [1.165, 1.54) is 6.39 Å². The second-order valence-corrected chi connectivity index (χ2v) is 3.73. The van der Waals surface area contributed by atoms with Crippen molar-refractivity contribution in [1.82, 2.24) is 9.97 Å². The molecule has 1 aromatic carbocycles. The first-order valence-corrected chi connectivity index (χ1v) is 5.09. The lowest BCUT2D eigenvalue weighted by molar-refractivity contribution is 0.572. The van der Waals surface area contributed by atoms with Crippen LogP contribution in [-0.4, -0.2) is 9.97 Å². The summed E-state index contributed by atoms with van der Waals surface area (Å²) in [7, 11) is 0. The maximum absolute atomic E-state index is 5.26. The molecule has 2 heterocycles. The van der Waals surface area contributed by atoms with Gasteiger partial charge in [0.25, 0.3) is 0 Å². The summed E-state index contributed by atoms with van der Waals surface area (Å²) in [6, 6.07) is 10.1. The second kappa shape index (κ2) is 3.45. The molecule has 3 aromatic rings. The van der Waals surface area contributed by atoms with Gasteiger partial charge in [-0.15, -0.1) is 0 Å². The van der Waals surface area contributed by atoms with E-state index in [1.807, 2.05) is 25.1 Å². The number of oxazole rings is 1. The van der Waals surface area contributed by atoms with Gasteiger partial charge in [-0.25, -0.2) is 4.98 Å². The fraction of sp³-hybridized carbons (Fsp3) is 0.0769. The predicted octanol–water partition coefficient (Wildman–Crippen LogP) is 3.20. The summed E-state index contributed by atoms with van der Waals surface area (Å²) >= 11 is 0. The predicted molar refractivity (Wildman–Crippen MR) is 62.0 cm³/mol. The Morgan fingerprint density at radius 2 is 2.06 bits per heavy atom. The summed E-state index contributed by atoms with van der Waals surface area (Å²) in [5, 5.41) is 1.11. The van der Waals surface area contributed by atoms with Crippen LogP contribution >= 0.6 is 0 Å². The van der Waals surface area contributed by atoms with Gasteiger partial charge in [-0.2, -0.15) is 0 Å². The van der Waals surface area contributed by atoms with Gasteiger partial charge in [0.05, 0.1) is 11.7 Å². The number of aromatic nitrogens is 2. The zero-order valence-electron chi connectivity index (χ0n) is 8.84. The van der Waals surface area contributed by atoms with E-state index in [-0.39, 0.29) is 0 Å². The molecule has 0 saturated heterocycles. The van der Waals surface area contributed by atoms with Crippen LogP contribution in [0.3, 0.4) is 0 Å². The van der Waals surface area contributed by atoms with Crippen molar-refractivity contribution >= 4 is 10.9 Å². The Hall–Kier alpha value is -2.16. The Morgan fingerprint density at radius 1 is 1.12 bits per heavy atom. The van der Waals surface area contributed by atoms with Crippen molar-refractivity contribution in [3.05, 3.63) is 48.6 Å². The average Bonchev–Trinajstić information content (AvgIpc) is 2.82. The zero-order chi connectivity index (χ0) is 11.0. The molecule has 0 spiro atoms. The molecule has 3 rings (SSSR count). The van der Waals surface area contributed by atoms with Crippen LogP contribution < -0.4 is 0 Å². The summed E-state index contributed by atoms with van der Waals surface area (Å²) in [6.07, 6.45) is 3.15. The number of hydrogen-bond donors (Lipinski definition) is 0. The van der Waals surface area contributed by atoms with Crippen molar-refractivity contribution in [3.63, 3.8) is 0 Å². The summed E-state index contributed by atoms with van der Waals surface area (Å²) in [6.45, 7) is 1.99. The van der Waals surface area contributed by atoms with E-state index < -0.39 is 0 Å². The van der Waals surface area contributed by atoms with E-state index in [9.17, 15) is 0 Å². The van der Waals surface area contributed by atoms with Gasteiger partial charge in [-0.3, -0.25) is 4.98 Å². The number of fused-ring (bicyclic) bond motifs is 1. The highest BCUT2D eigenvalue weighted by molar-refractivity contribution is 5.83. The molecule has 3 nitrogen and oxygen atoms in total. The van der Waals surface area contributed by atoms with Crippen LogP contribution in [0.5, 0.6) is 0 Å². The molecule has 16 heavy (non-hydrogen) atoms. The second-order valence-electron chi connectivity index (χ2n) is 3.73. The van der Waals surface area contributed by atoms with Gasteiger partial charge in [0.2, 0.25) is 0 Å². The Bertz CT molecular complexity index is 629. The van der Waals surface area contributed by atoms with Crippen LogP contribution in [-0.2, 0) is 0 Å². The van der Waals surface area contributed by atoms with Gasteiger partial charge < -0.3 is 4.42 Å². The lowest BCUT2D eigenvalue weighted by atomic mass is 10.1. The van der Waals surface area contributed by atoms with Crippen molar-refractivity contribution in [2.75, 3.05) is 0 Å². The van der Waals surface area contributed by atoms with E-state index in [2.05, 4.69) is 22.1 Å². The molecular weight excluding hydrogens is 200 g/mol. The monoisotopic (exact) mass is 210 g/mol. The first kappa shape index (κ1) is 9.09. The topological polar surface area (TPSA) is 38.9 Å². The lowest BCUT2D eigenvalue weighted by Crippen LogP contribution is -1.83. The van der Waals surface area contributed by atoms with Crippen LogP contribution in [0.25, 0.3) is 22.2 Å². The quantitative estimate of drug-likeness (QED) is 0.619. The van der Waals surface area contributed by atoms with Crippen LogP contribution in [0.4, 0.5) is 0 Å². The molecule has 0 aliphatic rings. The molecule has 0 amide bonds. The van der Waals surface area contributed by atoms with E-state index in [1.54, 1.807) is 6.20 Å². The molecule has 0 radical (unpaired) electrons. The van der Waals surface area contributed by atoms with E-state index in [0.29, 0.717) is 0 Å². The average molecular weight is 210 g/mol. The third kappa shape index (κ3) is 1.46. The maximum Gasteiger partial charge on any atom is 0.181 e. The highest BCUT2D eigenvalue weighted by Crippen LogP contribution is 2.23. The first-order valence-electron chi connectivity index (χ1n) is 5.09. The van der Waals surface area contributed by atoms with Gasteiger partial charge in [-0.05, 0) is 31.2 Å². The van der Waals surface area contributed by atoms with Gasteiger partial charge in [0, 0.05) is 16.6 Å². The Kier molecular flexibility index (Phi) is 1.96. The summed E-state index contributed by atoms with van der Waals surface area (Å²) in [5.41, 5.74) is 3.05. The van der Waals surface area contributed by atoms with Crippen LogP contribution in [0, 0.1) is 6.92 Å². The van der Waals surface area contributed by atoms with Crippen molar-refractivity contribution in [2.45, 2.75) is 6.92 Å². The third-order valence-corrected chi connectivity index (χ3v) is 2.55. The summed E-state index contributed by atoms with van der Waals surface area (Å²) in [4.78, 5) is 8.36. The standard InChI is InChI=1S/C13H10N2O/c1-9-2-3-10-6-11(4-5-12(10)15-9)13-7-14-8-16-13/h2-8H,1H3. The molecule has 2 aromatic heterocycles. The summed E-state index contributed by atoms with van der Waals surface area (Å²) < 4.78 is 5.26. The Balaban J connectivity index is 2.20. The van der Waals surface area contributed by atoms with Gasteiger partial charge in [0.15, 0.2) is 12.2 Å². The van der Waals surface area contributed by atoms with Gasteiger partial charge in [0.1, 0.15) is 0 Å². The lowest BCUT2D eigenvalue weighted by Gasteiger charge is -2.01. The Labute approximate surface area is 92.8 Å². The number of aryl methyl sites for hydroxylation is 1. The summed E-state index contributed by atoms with van der Waals surface area (Å²) in [5.74, 6) is 0.780. The number of rotatable bonds is 1. The molecular formula is C13H10N2O. The minimum Gasteiger partial charge on any atom is -0.444 e. The number of benzene rings is 1. The molecule has 0 saturated carbocycles. The normalized spacial score (nSPS) is 10.8. The van der Waals surface area contributed by atoms with Crippen LogP contribution in [0.2, 0.25) is 0 Å². The molecule has 0 bridgehead atoms. The zero-order valence-corrected chi connectivity index (χ0v) is 8.84. The smallest absolute Gasteiger partial charge is 0.181 e. The number of hydrogen-bond acceptors (Lipinski definition) is 3. The molecule has 0 unspecified atom stereocenters. The molecule has 0 atom stereocenters. The minimum atomic E-state index is 0.780. The van der Waals surface area contributed by atoms with E-state index >= 15 is 0 Å². The van der Waals surface area contributed by atoms with Crippen molar-refractivity contribution in [1.29, 1.82) is 0 Å². The first-order chi connectivity index (χ1) is 7.83. The molecule has 0 aliphatic carbocycles. The minimum absolute atomic E-state index is 0.780.